The topological polar surface area (TPSA) is 223 Å². The van der Waals surface area contributed by atoms with Crippen LogP contribution in [0.15, 0.2) is 60.4 Å². The fourth-order valence-corrected chi connectivity index (χ4v) is 4.02. The number of carbonyl (C=O) groups excluding carboxylic acids is 3. The van der Waals surface area contributed by atoms with Gasteiger partial charge in [-0.15, -0.1) is 0 Å². The van der Waals surface area contributed by atoms with Crippen molar-refractivity contribution in [1.29, 1.82) is 0 Å². The lowest BCUT2D eigenvalue weighted by molar-refractivity contribution is -0.137. The summed E-state index contributed by atoms with van der Waals surface area (Å²) in [5, 5.41) is 20.0. The lowest BCUT2D eigenvalue weighted by Gasteiger charge is -2.13. The van der Waals surface area contributed by atoms with Crippen molar-refractivity contribution in [2.75, 3.05) is 20.2 Å². The standard InChI is InChI=1S/C33H44N4O8/c1-43-31-19-23(11-15-30(31)45-33(42)28(37)7-3-5-17-35)9-13-26(40)20-25(39)12-8-22-10-14-29(24(18-22)21-38)44-32(41)27(36)6-2-4-16-34/h8-15,18-20,27-28,38-39H,2-7,16-17,21,34-37H2,1H3/b12-8+,13-9+,25-20?. The Kier molecular flexibility index (Phi) is 16.3. The maximum absolute atomic E-state index is 12.4. The molecule has 0 radical (unpaired) electrons. The van der Waals surface area contributed by atoms with Crippen molar-refractivity contribution in [1.82, 2.24) is 0 Å². The SMILES string of the molecule is COc1cc(/C=C/C(=O)C=C(O)/C=C/c2ccc(OC(=O)C(N)CCCCN)c(CO)c2)ccc1OC(=O)C(N)CCCCN. The van der Waals surface area contributed by atoms with Gasteiger partial charge >= 0.3 is 11.9 Å². The Balaban J connectivity index is 2.01. The maximum Gasteiger partial charge on any atom is 0.328 e. The number of ether oxygens (including phenoxy) is 3. The smallest absolute Gasteiger partial charge is 0.328 e. The van der Waals surface area contributed by atoms with Crippen molar-refractivity contribution in [3.8, 4) is 17.2 Å². The molecule has 0 aromatic heterocycles. The number of nitrogens with two attached hydrogens (primary N) is 4. The van der Waals surface area contributed by atoms with Gasteiger partial charge in [-0.05, 0) is 86.3 Å². The Bertz CT molecular complexity index is 1370. The van der Waals surface area contributed by atoms with Gasteiger partial charge in [0.2, 0.25) is 0 Å². The van der Waals surface area contributed by atoms with E-state index in [9.17, 15) is 24.6 Å². The summed E-state index contributed by atoms with van der Waals surface area (Å²) in [6.07, 6.45) is 10.5. The molecule has 0 aliphatic carbocycles. The second-order valence-electron chi connectivity index (χ2n) is 10.2. The number of benzene rings is 2. The van der Waals surface area contributed by atoms with E-state index in [1.165, 1.54) is 43.5 Å². The van der Waals surface area contributed by atoms with Gasteiger partial charge in [-0.25, -0.2) is 9.59 Å². The van der Waals surface area contributed by atoms with E-state index in [4.69, 9.17) is 37.1 Å². The molecule has 12 heteroatoms. The van der Waals surface area contributed by atoms with Gasteiger partial charge in [0.1, 0.15) is 23.6 Å². The minimum Gasteiger partial charge on any atom is -0.508 e. The van der Waals surface area contributed by atoms with E-state index < -0.39 is 36.4 Å². The van der Waals surface area contributed by atoms with E-state index in [0.717, 1.165) is 18.9 Å². The second kappa shape index (κ2) is 19.8. The highest BCUT2D eigenvalue weighted by Gasteiger charge is 2.19. The number of ketones is 1. The van der Waals surface area contributed by atoms with Crippen LogP contribution in [0.25, 0.3) is 12.2 Å². The Morgan fingerprint density at radius 1 is 0.778 bits per heavy atom. The molecule has 0 aliphatic rings. The molecule has 0 aliphatic heterocycles. The molecule has 45 heavy (non-hydrogen) atoms. The molecule has 0 heterocycles. The van der Waals surface area contributed by atoms with Crippen LogP contribution < -0.4 is 37.1 Å². The third-order valence-electron chi connectivity index (χ3n) is 6.58. The summed E-state index contributed by atoms with van der Waals surface area (Å²) in [4.78, 5) is 37.0. The van der Waals surface area contributed by atoms with Crippen molar-refractivity contribution in [3.63, 3.8) is 0 Å². The van der Waals surface area contributed by atoms with Crippen molar-refractivity contribution < 1.29 is 38.8 Å². The second-order valence-corrected chi connectivity index (χ2v) is 10.2. The number of hydrogen-bond donors (Lipinski definition) is 6. The Hall–Kier alpha value is -4.33. The van der Waals surface area contributed by atoms with Gasteiger partial charge in [-0.3, -0.25) is 4.79 Å². The molecule has 0 saturated carbocycles. The van der Waals surface area contributed by atoms with Gasteiger partial charge in [-0.2, -0.15) is 0 Å². The average Bonchev–Trinajstić information content (AvgIpc) is 3.03. The highest BCUT2D eigenvalue weighted by molar-refractivity contribution is 6.02. The number of rotatable bonds is 19. The fourth-order valence-electron chi connectivity index (χ4n) is 4.02. The third kappa shape index (κ3) is 13.1. The van der Waals surface area contributed by atoms with Crippen LogP contribution in [0.1, 0.15) is 55.2 Å². The van der Waals surface area contributed by atoms with Gasteiger partial charge in [0.15, 0.2) is 17.3 Å². The zero-order valence-electron chi connectivity index (χ0n) is 25.5. The summed E-state index contributed by atoms with van der Waals surface area (Å²) in [6.45, 7) is 0.642. The van der Waals surface area contributed by atoms with Gasteiger partial charge < -0.3 is 47.4 Å². The van der Waals surface area contributed by atoms with Crippen LogP contribution in [-0.4, -0.2) is 60.2 Å². The summed E-state index contributed by atoms with van der Waals surface area (Å²) in [5.41, 5.74) is 24.2. The molecule has 0 bridgehead atoms. The summed E-state index contributed by atoms with van der Waals surface area (Å²) < 4.78 is 16.1. The largest absolute Gasteiger partial charge is 0.508 e. The first-order valence-corrected chi connectivity index (χ1v) is 14.7. The first-order valence-electron chi connectivity index (χ1n) is 14.7. The number of aliphatic hydroxyl groups is 2. The Labute approximate surface area is 263 Å². The van der Waals surface area contributed by atoms with E-state index in [0.29, 0.717) is 55.5 Å². The summed E-state index contributed by atoms with van der Waals surface area (Å²) in [6, 6.07) is 7.89. The number of unbranched alkanes of at least 4 members (excludes halogenated alkanes) is 2. The number of allylic oxidation sites excluding steroid dienone is 3. The van der Waals surface area contributed by atoms with Gasteiger partial charge in [0, 0.05) is 11.6 Å². The average molecular weight is 625 g/mol. The molecule has 2 atom stereocenters. The zero-order chi connectivity index (χ0) is 33.2. The molecule has 0 amide bonds. The van der Waals surface area contributed by atoms with Crippen LogP contribution in [0, 0.1) is 0 Å². The Morgan fingerprint density at radius 3 is 1.87 bits per heavy atom. The minimum absolute atomic E-state index is 0.179. The minimum atomic E-state index is -0.802. The number of hydrogen-bond acceptors (Lipinski definition) is 12. The zero-order valence-corrected chi connectivity index (χ0v) is 25.5. The van der Waals surface area contributed by atoms with Gasteiger partial charge in [0.25, 0.3) is 0 Å². The van der Waals surface area contributed by atoms with Gasteiger partial charge in [-0.1, -0.05) is 37.1 Å². The Morgan fingerprint density at radius 2 is 1.31 bits per heavy atom. The highest BCUT2D eigenvalue weighted by Crippen LogP contribution is 2.29. The molecular formula is C33H44N4O8. The lowest BCUT2D eigenvalue weighted by Crippen LogP contribution is -2.34. The molecular weight excluding hydrogens is 580 g/mol. The van der Waals surface area contributed by atoms with Gasteiger partial charge in [0.05, 0.1) is 13.7 Å². The quantitative estimate of drug-likeness (QED) is 0.0331. The van der Waals surface area contributed by atoms with E-state index in [1.54, 1.807) is 24.3 Å². The fraction of sp³-hybridized carbons (Fsp3) is 0.364. The van der Waals surface area contributed by atoms with Crippen molar-refractivity contribution in [3.05, 3.63) is 77.1 Å². The van der Waals surface area contributed by atoms with Crippen LogP contribution in [0.2, 0.25) is 0 Å². The first kappa shape index (κ1) is 36.9. The molecule has 0 fully saturated rings. The van der Waals surface area contributed by atoms with Crippen molar-refractivity contribution >= 4 is 29.9 Å². The van der Waals surface area contributed by atoms with Crippen LogP contribution in [-0.2, 0) is 21.0 Å². The summed E-state index contributed by atoms with van der Waals surface area (Å²) in [5.74, 6) is -1.34. The summed E-state index contributed by atoms with van der Waals surface area (Å²) >= 11 is 0. The predicted octanol–water partition coefficient (Wildman–Crippen LogP) is 2.65. The van der Waals surface area contributed by atoms with Crippen LogP contribution in [0.4, 0.5) is 0 Å². The van der Waals surface area contributed by atoms with E-state index in [2.05, 4.69) is 0 Å². The molecule has 2 rings (SSSR count). The monoisotopic (exact) mass is 624 g/mol. The normalized spacial score (nSPS) is 13.2. The van der Waals surface area contributed by atoms with Crippen LogP contribution >= 0.6 is 0 Å². The number of methoxy groups -OCH3 is 1. The van der Waals surface area contributed by atoms with E-state index in [1.807, 2.05) is 0 Å². The maximum atomic E-state index is 12.4. The predicted molar refractivity (Wildman–Crippen MR) is 172 cm³/mol. The number of aliphatic hydroxyl groups excluding tert-OH is 2. The van der Waals surface area contributed by atoms with Crippen molar-refractivity contribution in [2.45, 2.75) is 57.2 Å². The molecule has 244 valence electrons. The molecule has 0 saturated heterocycles. The van der Waals surface area contributed by atoms with E-state index >= 15 is 0 Å². The molecule has 2 aromatic rings. The van der Waals surface area contributed by atoms with Crippen molar-refractivity contribution in [2.24, 2.45) is 22.9 Å². The first-order chi connectivity index (χ1) is 21.6. The number of esters is 2. The van der Waals surface area contributed by atoms with Crippen LogP contribution in [0.5, 0.6) is 17.2 Å². The number of carbonyl (C=O) groups is 3. The molecule has 2 aromatic carbocycles. The highest BCUT2D eigenvalue weighted by atomic mass is 16.6. The molecule has 0 spiro atoms. The molecule has 12 nitrogen and oxygen atoms in total. The molecule has 10 N–H and O–H groups in total. The third-order valence-corrected chi connectivity index (χ3v) is 6.58. The summed E-state index contributed by atoms with van der Waals surface area (Å²) in [7, 11) is 1.42. The van der Waals surface area contributed by atoms with E-state index in [-0.39, 0.29) is 23.0 Å². The van der Waals surface area contributed by atoms with Crippen LogP contribution in [0.3, 0.4) is 0 Å². The molecule has 2 unspecified atom stereocenters. The lowest BCUT2D eigenvalue weighted by atomic mass is 10.1.